The van der Waals surface area contributed by atoms with Crippen LogP contribution in [0, 0.1) is 0 Å². The zero-order chi connectivity index (χ0) is 15.5. The van der Waals surface area contributed by atoms with Gasteiger partial charge in [0.25, 0.3) is 12.4 Å². The number of nitrogens with zero attached hydrogens (tertiary/aromatic N) is 1. The van der Waals surface area contributed by atoms with Crippen molar-refractivity contribution in [2.45, 2.75) is 13.0 Å². The van der Waals surface area contributed by atoms with Crippen LogP contribution in [0.4, 0.5) is 0 Å². The highest BCUT2D eigenvalue weighted by molar-refractivity contribution is 5.99. The van der Waals surface area contributed by atoms with E-state index >= 15 is 0 Å². The average molecular weight is 302 g/mol. The van der Waals surface area contributed by atoms with Gasteiger partial charge in [0.1, 0.15) is 6.10 Å². The lowest BCUT2D eigenvalue weighted by Crippen LogP contribution is -2.40. The topological polar surface area (TPSA) is 71.6 Å². The zero-order valence-electron chi connectivity index (χ0n) is 12.4. The minimum atomic E-state index is -0.361. The second kappa shape index (κ2) is 6.19. The third kappa shape index (κ3) is 2.69. The standard InChI is InChI=1S/C16H18N2O4/c1-11(22-10-19)14-9-17-15-3-2-12(8-13(14)15)16(20)18-4-6-21-7-5-18/h2-3,8-11,17H,4-7H2,1H3. The molecular weight excluding hydrogens is 284 g/mol. The number of carbonyl (C=O) groups excluding carboxylic acids is 2. The summed E-state index contributed by atoms with van der Waals surface area (Å²) in [6, 6.07) is 5.54. The third-order valence-electron chi connectivity index (χ3n) is 3.96. The normalized spacial score (nSPS) is 16.5. The van der Waals surface area contributed by atoms with Crippen LogP contribution >= 0.6 is 0 Å². The first-order valence-corrected chi connectivity index (χ1v) is 7.28. The number of hydrogen-bond acceptors (Lipinski definition) is 4. The molecule has 2 heterocycles. The van der Waals surface area contributed by atoms with E-state index in [0.717, 1.165) is 16.5 Å². The number of amides is 1. The van der Waals surface area contributed by atoms with Crippen molar-refractivity contribution in [3.8, 4) is 0 Å². The van der Waals surface area contributed by atoms with Gasteiger partial charge in [-0.3, -0.25) is 9.59 Å². The van der Waals surface area contributed by atoms with Gasteiger partial charge in [-0.05, 0) is 25.1 Å². The molecule has 0 spiro atoms. The van der Waals surface area contributed by atoms with E-state index in [1.54, 1.807) is 11.8 Å². The summed E-state index contributed by atoms with van der Waals surface area (Å²) in [4.78, 5) is 28.0. The number of carbonyl (C=O) groups is 2. The van der Waals surface area contributed by atoms with E-state index in [9.17, 15) is 9.59 Å². The van der Waals surface area contributed by atoms with Crippen LogP contribution in [-0.4, -0.2) is 48.6 Å². The van der Waals surface area contributed by atoms with Gasteiger partial charge in [0.05, 0.1) is 13.2 Å². The molecule has 1 N–H and O–H groups in total. The van der Waals surface area contributed by atoms with Crippen molar-refractivity contribution in [3.63, 3.8) is 0 Å². The Morgan fingerprint density at radius 1 is 1.41 bits per heavy atom. The summed E-state index contributed by atoms with van der Waals surface area (Å²) in [6.45, 7) is 4.62. The first kappa shape index (κ1) is 14.6. The van der Waals surface area contributed by atoms with Crippen molar-refractivity contribution in [3.05, 3.63) is 35.5 Å². The van der Waals surface area contributed by atoms with Crippen LogP contribution in [0.15, 0.2) is 24.4 Å². The van der Waals surface area contributed by atoms with Crippen LogP contribution < -0.4 is 0 Å². The Morgan fingerprint density at radius 2 is 2.18 bits per heavy atom. The van der Waals surface area contributed by atoms with Gasteiger partial charge >= 0.3 is 0 Å². The Morgan fingerprint density at radius 3 is 2.91 bits per heavy atom. The van der Waals surface area contributed by atoms with Crippen LogP contribution in [0.5, 0.6) is 0 Å². The number of H-pyrrole nitrogens is 1. The second-order valence-electron chi connectivity index (χ2n) is 5.28. The molecule has 1 atom stereocenters. The van der Waals surface area contributed by atoms with Crippen molar-refractivity contribution in [2.75, 3.05) is 26.3 Å². The Hall–Kier alpha value is -2.34. The van der Waals surface area contributed by atoms with Gasteiger partial charge in [0.2, 0.25) is 0 Å². The highest BCUT2D eigenvalue weighted by Crippen LogP contribution is 2.27. The zero-order valence-corrected chi connectivity index (χ0v) is 12.4. The molecular formula is C16H18N2O4. The highest BCUT2D eigenvalue weighted by atomic mass is 16.5. The maximum absolute atomic E-state index is 12.5. The monoisotopic (exact) mass is 302 g/mol. The molecule has 6 nitrogen and oxygen atoms in total. The molecule has 1 fully saturated rings. The lowest BCUT2D eigenvalue weighted by Gasteiger charge is -2.26. The van der Waals surface area contributed by atoms with E-state index in [1.165, 1.54) is 0 Å². The molecule has 1 aliphatic rings. The first-order valence-electron chi connectivity index (χ1n) is 7.28. The summed E-state index contributed by atoms with van der Waals surface area (Å²) in [5.74, 6) is 0.00121. The first-order chi connectivity index (χ1) is 10.7. The number of aromatic amines is 1. The van der Waals surface area contributed by atoms with Gasteiger partial charge in [-0.15, -0.1) is 0 Å². The lowest BCUT2D eigenvalue weighted by atomic mass is 10.1. The Balaban J connectivity index is 1.92. The van der Waals surface area contributed by atoms with Crippen molar-refractivity contribution < 1.29 is 19.1 Å². The van der Waals surface area contributed by atoms with Crippen molar-refractivity contribution in [2.24, 2.45) is 0 Å². The molecule has 1 unspecified atom stereocenters. The van der Waals surface area contributed by atoms with Crippen LogP contribution in [0.2, 0.25) is 0 Å². The van der Waals surface area contributed by atoms with Gasteiger partial charge < -0.3 is 19.4 Å². The maximum Gasteiger partial charge on any atom is 0.293 e. The van der Waals surface area contributed by atoms with E-state index in [4.69, 9.17) is 9.47 Å². The number of hydrogen-bond donors (Lipinski definition) is 1. The molecule has 1 saturated heterocycles. The molecule has 0 bridgehead atoms. The van der Waals surface area contributed by atoms with Crippen molar-refractivity contribution in [1.29, 1.82) is 0 Å². The fraction of sp³-hybridized carbons (Fsp3) is 0.375. The predicted molar refractivity (Wildman–Crippen MR) is 80.6 cm³/mol. The van der Waals surface area contributed by atoms with Crippen LogP contribution in [0.1, 0.15) is 28.9 Å². The van der Waals surface area contributed by atoms with Gasteiger partial charge in [0.15, 0.2) is 0 Å². The van der Waals surface area contributed by atoms with E-state index in [-0.39, 0.29) is 12.0 Å². The largest absolute Gasteiger partial charge is 0.460 e. The van der Waals surface area contributed by atoms with Gasteiger partial charge in [-0.2, -0.15) is 0 Å². The third-order valence-corrected chi connectivity index (χ3v) is 3.96. The molecule has 1 aromatic carbocycles. The van der Waals surface area contributed by atoms with Crippen LogP contribution in [0.25, 0.3) is 10.9 Å². The minimum absolute atomic E-state index is 0.00121. The number of fused-ring (bicyclic) bond motifs is 1. The summed E-state index contributed by atoms with van der Waals surface area (Å²) < 4.78 is 10.3. The smallest absolute Gasteiger partial charge is 0.293 e. The number of rotatable bonds is 4. The Kier molecular flexibility index (Phi) is 4.11. The SMILES string of the molecule is CC(OC=O)c1c[nH]c2ccc(C(=O)N3CCOCC3)cc12. The fourth-order valence-corrected chi connectivity index (χ4v) is 2.72. The number of aromatic nitrogens is 1. The van der Waals surface area contributed by atoms with Gasteiger partial charge in [-0.1, -0.05) is 0 Å². The van der Waals surface area contributed by atoms with E-state index < -0.39 is 0 Å². The molecule has 3 rings (SSSR count). The molecule has 1 aliphatic heterocycles. The van der Waals surface area contributed by atoms with Gasteiger partial charge in [-0.25, -0.2) is 0 Å². The van der Waals surface area contributed by atoms with E-state index in [2.05, 4.69) is 4.98 Å². The maximum atomic E-state index is 12.5. The molecule has 1 aromatic heterocycles. The Labute approximate surface area is 128 Å². The van der Waals surface area contributed by atoms with Crippen molar-refractivity contribution in [1.82, 2.24) is 9.88 Å². The molecule has 6 heteroatoms. The fourth-order valence-electron chi connectivity index (χ4n) is 2.72. The number of ether oxygens (including phenoxy) is 2. The number of morpholine rings is 1. The van der Waals surface area contributed by atoms with Crippen LogP contribution in [-0.2, 0) is 14.3 Å². The van der Waals surface area contributed by atoms with Gasteiger partial charge in [0, 0.05) is 41.3 Å². The second-order valence-corrected chi connectivity index (χ2v) is 5.28. The highest BCUT2D eigenvalue weighted by Gasteiger charge is 2.20. The van der Waals surface area contributed by atoms with Crippen molar-refractivity contribution >= 4 is 23.3 Å². The molecule has 1 amide bonds. The number of benzene rings is 1. The summed E-state index contributed by atoms with van der Waals surface area (Å²) in [6.07, 6.45) is 1.45. The lowest BCUT2D eigenvalue weighted by molar-refractivity contribution is -0.133. The predicted octanol–water partition coefficient (Wildman–Crippen LogP) is 1.87. The van der Waals surface area contributed by atoms with E-state index in [0.29, 0.717) is 38.3 Å². The Bertz CT molecular complexity index is 689. The molecule has 0 aliphatic carbocycles. The summed E-state index contributed by atoms with van der Waals surface area (Å²) in [5.41, 5.74) is 2.40. The molecule has 2 aromatic rings. The molecule has 116 valence electrons. The summed E-state index contributed by atoms with van der Waals surface area (Å²) >= 11 is 0. The van der Waals surface area contributed by atoms with E-state index in [1.807, 2.05) is 24.4 Å². The molecule has 0 radical (unpaired) electrons. The average Bonchev–Trinajstić information content (AvgIpc) is 2.98. The quantitative estimate of drug-likeness (QED) is 0.875. The molecule has 22 heavy (non-hydrogen) atoms. The minimum Gasteiger partial charge on any atom is -0.460 e. The van der Waals surface area contributed by atoms with Crippen LogP contribution in [0.3, 0.4) is 0 Å². The summed E-state index contributed by atoms with van der Waals surface area (Å²) in [7, 11) is 0. The molecule has 0 saturated carbocycles. The number of nitrogens with one attached hydrogen (secondary N) is 1. The summed E-state index contributed by atoms with van der Waals surface area (Å²) in [5, 5.41) is 0.897.